The highest BCUT2D eigenvalue weighted by Crippen LogP contribution is 2.24. The van der Waals surface area contributed by atoms with E-state index in [1.54, 1.807) is 30.3 Å². The van der Waals surface area contributed by atoms with Crippen molar-refractivity contribution in [2.45, 2.75) is 65.9 Å². The number of hydrogen-bond acceptors (Lipinski definition) is 10. The quantitative estimate of drug-likeness (QED) is 0.0613. The van der Waals surface area contributed by atoms with E-state index in [1.807, 2.05) is 45.9 Å². The van der Waals surface area contributed by atoms with Gasteiger partial charge in [0, 0.05) is 35.4 Å². The van der Waals surface area contributed by atoms with E-state index in [0.29, 0.717) is 22.4 Å². The van der Waals surface area contributed by atoms with Crippen LogP contribution in [-0.2, 0) is 29.2 Å². The SMILES string of the molecule is CCC(C)NC(=O)c1cc(N)cc(-c2cnc(NC(C)C)c(=O)n2CC(=O)NCc2ccc(C(=N)NC(=O)OCc3ccccc3)c(O)c2)c1. The molecule has 0 radical (unpaired) electrons. The normalized spacial score (nSPS) is 11.4. The largest absolute Gasteiger partial charge is 0.507 e. The zero-order valence-electron chi connectivity index (χ0n) is 28.4. The molecule has 3 aromatic carbocycles. The molecule has 0 aliphatic carbocycles. The number of hydrogen-bond donors (Lipinski definition) is 7. The summed E-state index contributed by atoms with van der Waals surface area (Å²) in [5.41, 5.74) is 8.22. The van der Waals surface area contributed by atoms with E-state index in [9.17, 15) is 24.3 Å². The molecule has 4 rings (SSSR count). The average Bonchev–Trinajstić information content (AvgIpc) is 3.08. The van der Waals surface area contributed by atoms with Crippen LogP contribution in [0.2, 0.25) is 0 Å². The van der Waals surface area contributed by atoms with Crippen LogP contribution in [0.5, 0.6) is 5.75 Å². The van der Waals surface area contributed by atoms with Gasteiger partial charge in [0.2, 0.25) is 5.91 Å². The summed E-state index contributed by atoms with van der Waals surface area (Å²) in [5.74, 6) is -1.46. The van der Waals surface area contributed by atoms with Crippen LogP contribution in [0, 0.1) is 5.41 Å². The fourth-order valence-corrected chi connectivity index (χ4v) is 4.81. The monoisotopic (exact) mass is 682 g/mol. The van der Waals surface area contributed by atoms with Crippen molar-refractivity contribution in [2.24, 2.45) is 0 Å². The maximum Gasteiger partial charge on any atom is 0.413 e. The number of rotatable bonds is 13. The van der Waals surface area contributed by atoms with E-state index in [-0.39, 0.29) is 59.8 Å². The molecular weight excluding hydrogens is 640 g/mol. The van der Waals surface area contributed by atoms with Gasteiger partial charge in [-0.3, -0.25) is 29.7 Å². The Labute approximate surface area is 289 Å². The van der Waals surface area contributed by atoms with Crippen LogP contribution >= 0.6 is 0 Å². The van der Waals surface area contributed by atoms with Crippen molar-refractivity contribution in [1.29, 1.82) is 5.41 Å². The summed E-state index contributed by atoms with van der Waals surface area (Å²) in [4.78, 5) is 56.2. The Morgan fingerprint density at radius 3 is 2.44 bits per heavy atom. The molecule has 0 aliphatic rings. The number of carbonyl (C=O) groups is 3. The number of alkyl carbamates (subject to hydrolysis) is 1. The summed E-state index contributed by atoms with van der Waals surface area (Å²) in [6.45, 7) is 7.14. The predicted molar refractivity (Wildman–Crippen MR) is 191 cm³/mol. The van der Waals surface area contributed by atoms with Crippen LogP contribution in [0.25, 0.3) is 11.3 Å². The molecule has 0 saturated carbocycles. The maximum absolute atomic E-state index is 13.6. The Morgan fingerprint density at radius 2 is 1.76 bits per heavy atom. The fraction of sp³-hybridized carbons (Fsp3) is 0.278. The number of phenols is 1. The number of aromatic nitrogens is 2. The van der Waals surface area contributed by atoms with Gasteiger partial charge in [0.05, 0.1) is 17.5 Å². The lowest BCUT2D eigenvalue weighted by atomic mass is 10.1. The van der Waals surface area contributed by atoms with Gasteiger partial charge in [-0.15, -0.1) is 0 Å². The molecule has 14 heteroatoms. The van der Waals surface area contributed by atoms with E-state index in [0.717, 1.165) is 12.0 Å². The molecular formula is C36H42N8O6. The summed E-state index contributed by atoms with van der Waals surface area (Å²) in [6, 6.07) is 18.0. The zero-order chi connectivity index (χ0) is 36.4. The molecule has 0 fully saturated rings. The van der Waals surface area contributed by atoms with Gasteiger partial charge in [0.1, 0.15) is 24.7 Å². The average molecular weight is 683 g/mol. The van der Waals surface area contributed by atoms with Crippen LogP contribution in [0.15, 0.2) is 77.7 Å². The zero-order valence-corrected chi connectivity index (χ0v) is 28.4. The molecule has 262 valence electrons. The first-order valence-electron chi connectivity index (χ1n) is 16.1. The van der Waals surface area contributed by atoms with Crippen LogP contribution in [0.1, 0.15) is 61.2 Å². The summed E-state index contributed by atoms with van der Waals surface area (Å²) in [7, 11) is 0. The van der Waals surface area contributed by atoms with Gasteiger partial charge in [0.15, 0.2) is 5.82 Å². The molecule has 3 amide bonds. The fourth-order valence-electron chi connectivity index (χ4n) is 4.81. The Hall–Kier alpha value is -6.18. The van der Waals surface area contributed by atoms with E-state index >= 15 is 0 Å². The lowest BCUT2D eigenvalue weighted by molar-refractivity contribution is -0.121. The summed E-state index contributed by atoms with van der Waals surface area (Å²) < 4.78 is 6.39. The molecule has 0 aliphatic heterocycles. The molecule has 14 nitrogen and oxygen atoms in total. The first kappa shape index (κ1) is 36.7. The van der Waals surface area contributed by atoms with E-state index < -0.39 is 24.1 Å². The molecule has 0 saturated heterocycles. The molecule has 50 heavy (non-hydrogen) atoms. The molecule has 0 bridgehead atoms. The molecule has 1 atom stereocenters. The maximum atomic E-state index is 13.6. The molecule has 0 spiro atoms. The number of anilines is 2. The Bertz CT molecular complexity index is 1930. The lowest BCUT2D eigenvalue weighted by Crippen LogP contribution is -2.35. The summed E-state index contributed by atoms with van der Waals surface area (Å²) in [5, 5.41) is 29.7. The number of amidine groups is 1. The molecule has 8 N–H and O–H groups in total. The van der Waals surface area contributed by atoms with Crippen molar-refractivity contribution in [3.63, 3.8) is 0 Å². The third kappa shape index (κ3) is 9.92. The second-order valence-electron chi connectivity index (χ2n) is 12.0. The molecule has 1 heterocycles. The van der Waals surface area contributed by atoms with Crippen molar-refractivity contribution in [3.8, 4) is 17.0 Å². The minimum Gasteiger partial charge on any atom is -0.507 e. The van der Waals surface area contributed by atoms with E-state index in [4.69, 9.17) is 15.9 Å². The number of aromatic hydroxyl groups is 1. The second kappa shape index (κ2) is 16.8. The number of nitrogen functional groups attached to an aromatic ring is 1. The van der Waals surface area contributed by atoms with Gasteiger partial charge < -0.3 is 31.5 Å². The number of phenolic OH excluding ortho intramolecular Hbond substituents is 1. The summed E-state index contributed by atoms with van der Waals surface area (Å²) in [6.07, 6.45) is 1.33. The predicted octanol–water partition coefficient (Wildman–Crippen LogP) is 4.11. The molecule has 1 unspecified atom stereocenters. The number of carbonyl (C=O) groups excluding carboxylic acids is 3. The highest BCUT2D eigenvalue weighted by molar-refractivity contribution is 6.06. The Kier molecular flexibility index (Phi) is 12.3. The number of ether oxygens (including phenoxy) is 1. The van der Waals surface area contributed by atoms with Crippen LogP contribution in [0.4, 0.5) is 16.3 Å². The van der Waals surface area contributed by atoms with Crippen molar-refractivity contribution in [3.05, 3.63) is 106 Å². The van der Waals surface area contributed by atoms with Crippen LogP contribution < -0.4 is 32.6 Å². The topological polar surface area (TPSA) is 214 Å². The van der Waals surface area contributed by atoms with Crippen LogP contribution in [0.3, 0.4) is 0 Å². The van der Waals surface area contributed by atoms with E-state index in [2.05, 4.69) is 26.3 Å². The van der Waals surface area contributed by atoms with Crippen LogP contribution in [-0.4, -0.2) is 50.5 Å². The highest BCUT2D eigenvalue weighted by Gasteiger charge is 2.19. The molecule has 1 aromatic heterocycles. The number of nitrogens with one attached hydrogen (secondary N) is 5. The van der Waals surface area contributed by atoms with Gasteiger partial charge in [0.25, 0.3) is 11.5 Å². The number of nitrogens with two attached hydrogens (primary N) is 1. The number of amides is 3. The smallest absolute Gasteiger partial charge is 0.413 e. The number of benzene rings is 3. The first-order valence-corrected chi connectivity index (χ1v) is 16.1. The van der Waals surface area contributed by atoms with E-state index in [1.165, 1.54) is 29.0 Å². The Balaban J connectivity index is 1.48. The van der Waals surface area contributed by atoms with Gasteiger partial charge in [-0.25, -0.2) is 9.78 Å². The van der Waals surface area contributed by atoms with Gasteiger partial charge in [-0.2, -0.15) is 0 Å². The lowest BCUT2D eigenvalue weighted by Gasteiger charge is -2.17. The standard InChI is InChI=1S/C36H42N8O6/c1-5-22(4)42-34(47)26-14-25(15-27(37)16-26)29-18-40-33(41-21(2)3)35(48)44(29)19-31(46)39-17-24-11-12-28(30(45)13-24)32(38)43-36(49)50-20-23-9-7-6-8-10-23/h6-16,18,21-22,45H,5,17,19-20,37H2,1-4H3,(H,39,46)(H,40,41)(H,42,47)(H2,38,43,49). The number of nitrogens with zero attached hydrogens (tertiary/aromatic N) is 2. The minimum atomic E-state index is -0.851. The first-order chi connectivity index (χ1) is 23.8. The van der Waals surface area contributed by atoms with Gasteiger partial charge in [-0.05, 0) is 68.7 Å². The third-order valence-electron chi connectivity index (χ3n) is 7.55. The second-order valence-corrected chi connectivity index (χ2v) is 12.0. The Morgan fingerprint density at radius 1 is 1.02 bits per heavy atom. The van der Waals surface area contributed by atoms with Crippen molar-refractivity contribution >= 4 is 35.2 Å². The third-order valence-corrected chi connectivity index (χ3v) is 7.55. The van der Waals surface area contributed by atoms with Crippen molar-refractivity contribution in [1.82, 2.24) is 25.5 Å². The van der Waals surface area contributed by atoms with Crippen molar-refractivity contribution < 1.29 is 24.2 Å². The van der Waals surface area contributed by atoms with Gasteiger partial charge in [-0.1, -0.05) is 43.3 Å². The van der Waals surface area contributed by atoms with Gasteiger partial charge >= 0.3 is 6.09 Å². The summed E-state index contributed by atoms with van der Waals surface area (Å²) >= 11 is 0. The minimum absolute atomic E-state index is 0.0168. The van der Waals surface area contributed by atoms with Crippen molar-refractivity contribution in [2.75, 3.05) is 11.1 Å². The molecule has 4 aromatic rings. The highest BCUT2D eigenvalue weighted by atomic mass is 16.5.